The second-order valence-electron chi connectivity index (χ2n) is 11.0. The molecule has 4 rings (SSSR count). The van der Waals surface area contributed by atoms with E-state index in [1.807, 2.05) is 0 Å². The Hall–Kier alpha value is -1.73. The van der Waals surface area contributed by atoms with Gasteiger partial charge in [-0.3, -0.25) is 14.4 Å². The lowest BCUT2D eigenvalue weighted by molar-refractivity contribution is -0.174. The van der Waals surface area contributed by atoms with Gasteiger partial charge in [-0.25, -0.2) is 0 Å². The summed E-state index contributed by atoms with van der Waals surface area (Å²) >= 11 is 0. The van der Waals surface area contributed by atoms with E-state index < -0.39 is 17.0 Å². The van der Waals surface area contributed by atoms with Crippen LogP contribution in [0.25, 0.3) is 0 Å². The van der Waals surface area contributed by atoms with Crippen LogP contribution in [-0.4, -0.2) is 40.6 Å². The molecule has 0 aromatic rings. The number of ether oxygens (including phenoxy) is 1. The predicted octanol–water partition coefficient (Wildman–Crippen LogP) is 3.92. The Labute approximate surface area is 190 Å². The summed E-state index contributed by atoms with van der Waals surface area (Å²) in [6.45, 7) is 6.43. The highest BCUT2D eigenvalue weighted by molar-refractivity contribution is 5.92. The summed E-state index contributed by atoms with van der Waals surface area (Å²) in [7, 11) is 1.43. The molecule has 7 heteroatoms. The van der Waals surface area contributed by atoms with Gasteiger partial charge in [-0.1, -0.05) is 26.3 Å². The number of carboxylic acids is 1. The number of aliphatic hydroxyl groups is 1. The van der Waals surface area contributed by atoms with Crippen molar-refractivity contribution in [3.63, 3.8) is 0 Å². The van der Waals surface area contributed by atoms with E-state index in [0.29, 0.717) is 12.8 Å². The SMILES string of the molecule is COC(=O)[C@H]1C2C(CC[C@@]3(C)C2CC[C@@]3(O)CCC(=O)O)[C@@]2(C)CCC(=O)C=C2[C@@H]1C.N. The van der Waals surface area contributed by atoms with Crippen LogP contribution in [0.5, 0.6) is 0 Å². The van der Waals surface area contributed by atoms with Crippen LogP contribution >= 0.6 is 0 Å². The van der Waals surface area contributed by atoms with Crippen molar-refractivity contribution in [3.05, 3.63) is 11.6 Å². The number of carbonyl (C=O) groups excluding carboxylic acids is 2. The summed E-state index contributed by atoms with van der Waals surface area (Å²) in [5, 5.41) is 20.8. The van der Waals surface area contributed by atoms with Gasteiger partial charge in [0.05, 0.1) is 18.6 Å². The Morgan fingerprint density at radius 2 is 1.81 bits per heavy atom. The molecular formula is C25H39NO6. The van der Waals surface area contributed by atoms with E-state index in [9.17, 15) is 24.6 Å². The normalized spacial score (nSPS) is 45.0. The van der Waals surface area contributed by atoms with E-state index in [0.717, 1.165) is 31.3 Å². The van der Waals surface area contributed by atoms with Gasteiger partial charge in [0.1, 0.15) is 0 Å². The molecule has 0 spiro atoms. The molecule has 0 amide bonds. The van der Waals surface area contributed by atoms with Crippen LogP contribution in [-0.2, 0) is 19.1 Å². The third-order valence-electron chi connectivity index (χ3n) is 10.0. The van der Waals surface area contributed by atoms with Crippen LogP contribution in [0.3, 0.4) is 0 Å². The maximum atomic E-state index is 13.1. The fourth-order valence-corrected chi connectivity index (χ4v) is 8.29. The number of rotatable bonds is 4. The topological polar surface area (TPSA) is 136 Å². The van der Waals surface area contributed by atoms with Crippen LogP contribution in [0.1, 0.15) is 72.1 Å². The molecule has 3 fully saturated rings. The van der Waals surface area contributed by atoms with Gasteiger partial charge in [0.25, 0.3) is 0 Å². The minimum Gasteiger partial charge on any atom is -0.481 e. The highest BCUT2D eigenvalue weighted by Crippen LogP contribution is 2.70. The molecule has 0 heterocycles. The predicted molar refractivity (Wildman–Crippen MR) is 119 cm³/mol. The number of esters is 1. The molecule has 3 unspecified atom stereocenters. The first-order valence-electron chi connectivity index (χ1n) is 11.8. The number of methoxy groups -OCH3 is 1. The Kier molecular flexibility index (Phi) is 6.42. The van der Waals surface area contributed by atoms with E-state index in [4.69, 9.17) is 4.74 Å². The maximum Gasteiger partial charge on any atom is 0.309 e. The first-order valence-corrected chi connectivity index (χ1v) is 11.8. The lowest BCUT2D eigenvalue weighted by Gasteiger charge is -2.62. The standard InChI is InChI=1S/C25H36O6.H3N/c1-14-18-13-15(26)5-9-23(18,2)16-6-10-24(3)17(21(16)20(14)22(29)31-4)7-11-25(24,30)12-8-19(27)28;/h13-14,16-17,20-21,30H,5-12H2,1-4H3,(H,27,28);1H3/t14-,16?,17?,20+,21?,23+,24-,25+;/m0./s1. The highest BCUT2D eigenvalue weighted by atomic mass is 16.5. The molecule has 8 atom stereocenters. The fraction of sp³-hybridized carbons (Fsp3) is 0.800. The summed E-state index contributed by atoms with van der Waals surface area (Å²) in [6.07, 6.45) is 6.41. The zero-order valence-corrected chi connectivity index (χ0v) is 19.9. The second-order valence-corrected chi connectivity index (χ2v) is 11.0. The highest BCUT2D eigenvalue weighted by Gasteiger charge is 2.67. The molecule has 7 nitrogen and oxygen atoms in total. The van der Waals surface area contributed by atoms with Crippen molar-refractivity contribution in [2.75, 3.05) is 7.11 Å². The third-order valence-corrected chi connectivity index (χ3v) is 10.0. The van der Waals surface area contributed by atoms with E-state index in [-0.39, 0.29) is 65.7 Å². The molecule has 0 bridgehead atoms. The first-order chi connectivity index (χ1) is 14.5. The third kappa shape index (κ3) is 3.35. The van der Waals surface area contributed by atoms with Crippen molar-refractivity contribution in [3.8, 4) is 0 Å². The number of aliphatic carboxylic acids is 1. The summed E-state index contributed by atoms with van der Waals surface area (Å²) < 4.78 is 5.27. The molecule has 0 radical (unpaired) electrons. The number of allylic oxidation sites excluding steroid dienone is 1. The number of hydrogen-bond donors (Lipinski definition) is 3. The van der Waals surface area contributed by atoms with Crippen molar-refractivity contribution in [2.24, 2.45) is 40.4 Å². The van der Waals surface area contributed by atoms with Crippen molar-refractivity contribution in [1.29, 1.82) is 0 Å². The van der Waals surface area contributed by atoms with Crippen LogP contribution in [0.4, 0.5) is 0 Å². The molecule has 0 aromatic heterocycles. The van der Waals surface area contributed by atoms with Gasteiger partial charge in [0, 0.05) is 12.8 Å². The number of carboxylic acid groups (broad SMARTS) is 1. The Morgan fingerprint density at radius 1 is 1.16 bits per heavy atom. The molecule has 3 saturated carbocycles. The molecule has 180 valence electrons. The summed E-state index contributed by atoms with van der Waals surface area (Å²) in [5.74, 6) is -0.943. The van der Waals surface area contributed by atoms with Gasteiger partial charge < -0.3 is 21.1 Å². The molecule has 5 N–H and O–H groups in total. The van der Waals surface area contributed by atoms with Crippen LogP contribution < -0.4 is 6.15 Å². The van der Waals surface area contributed by atoms with Gasteiger partial charge in [-0.15, -0.1) is 0 Å². The molecule has 32 heavy (non-hydrogen) atoms. The minimum atomic E-state index is -1.02. The molecular weight excluding hydrogens is 410 g/mol. The van der Waals surface area contributed by atoms with Crippen molar-refractivity contribution in [1.82, 2.24) is 6.15 Å². The number of carbonyl (C=O) groups is 3. The zero-order chi connectivity index (χ0) is 22.8. The van der Waals surface area contributed by atoms with Crippen LogP contribution in [0, 0.1) is 40.4 Å². The van der Waals surface area contributed by atoms with Crippen molar-refractivity contribution < 1.29 is 29.3 Å². The van der Waals surface area contributed by atoms with E-state index in [1.54, 1.807) is 6.08 Å². The summed E-state index contributed by atoms with van der Waals surface area (Å²) in [5.41, 5.74) is -0.462. The molecule has 0 aliphatic heterocycles. The Bertz CT molecular complexity index is 838. The number of fused-ring (bicyclic) bond motifs is 5. The van der Waals surface area contributed by atoms with E-state index in [2.05, 4.69) is 20.8 Å². The molecule has 0 aromatic carbocycles. The van der Waals surface area contributed by atoms with Gasteiger partial charge in [-0.05, 0) is 79.1 Å². The van der Waals surface area contributed by atoms with E-state index in [1.165, 1.54) is 7.11 Å². The lowest BCUT2D eigenvalue weighted by Crippen LogP contribution is -2.60. The second kappa shape index (κ2) is 8.24. The quantitative estimate of drug-likeness (QED) is 0.553. The smallest absolute Gasteiger partial charge is 0.309 e. The number of ketones is 1. The monoisotopic (exact) mass is 449 g/mol. The van der Waals surface area contributed by atoms with Gasteiger partial charge in [0.2, 0.25) is 0 Å². The Balaban J connectivity index is 0.00000289. The number of hydrogen-bond acceptors (Lipinski definition) is 6. The molecule has 0 saturated heterocycles. The molecule has 4 aliphatic carbocycles. The van der Waals surface area contributed by atoms with E-state index >= 15 is 0 Å². The summed E-state index contributed by atoms with van der Waals surface area (Å²) in [6, 6.07) is 0. The minimum absolute atomic E-state index is 0. The van der Waals surface area contributed by atoms with Crippen LogP contribution in [0.15, 0.2) is 11.6 Å². The average molecular weight is 450 g/mol. The first kappa shape index (κ1) is 24.9. The summed E-state index contributed by atoms with van der Waals surface area (Å²) in [4.78, 5) is 36.6. The zero-order valence-electron chi connectivity index (χ0n) is 19.9. The Morgan fingerprint density at radius 3 is 2.44 bits per heavy atom. The lowest BCUT2D eigenvalue weighted by atomic mass is 9.42. The van der Waals surface area contributed by atoms with Crippen LogP contribution in [0.2, 0.25) is 0 Å². The van der Waals surface area contributed by atoms with Crippen molar-refractivity contribution >= 4 is 17.7 Å². The maximum absolute atomic E-state index is 13.1. The largest absolute Gasteiger partial charge is 0.481 e. The fourth-order valence-electron chi connectivity index (χ4n) is 8.29. The van der Waals surface area contributed by atoms with Gasteiger partial charge in [0.15, 0.2) is 5.78 Å². The van der Waals surface area contributed by atoms with Gasteiger partial charge in [-0.2, -0.15) is 0 Å². The molecule has 4 aliphatic rings. The van der Waals surface area contributed by atoms with Gasteiger partial charge >= 0.3 is 11.9 Å². The van der Waals surface area contributed by atoms with Crippen molar-refractivity contribution in [2.45, 2.75) is 77.7 Å². The average Bonchev–Trinajstić information content (AvgIpc) is 2.99.